The van der Waals surface area contributed by atoms with Gasteiger partial charge in [-0.15, -0.1) is 0 Å². The first-order valence-electron chi connectivity index (χ1n) is 10.8. The molecule has 30 heavy (non-hydrogen) atoms. The third kappa shape index (κ3) is 3.38. The molecule has 5 rings (SSSR count). The molecule has 3 heterocycles. The van der Waals surface area contributed by atoms with Gasteiger partial charge in [-0.05, 0) is 25.8 Å². The van der Waals surface area contributed by atoms with E-state index in [4.69, 9.17) is 4.98 Å². The summed E-state index contributed by atoms with van der Waals surface area (Å²) in [7, 11) is 0. The van der Waals surface area contributed by atoms with Crippen molar-refractivity contribution in [1.29, 1.82) is 0 Å². The van der Waals surface area contributed by atoms with E-state index in [0.717, 1.165) is 35.3 Å². The average Bonchev–Trinajstić information content (AvgIpc) is 3.47. The molecule has 2 N–H and O–H groups in total. The Balaban J connectivity index is 1.32. The van der Waals surface area contributed by atoms with E-state index in [1.807, 2.05) is 42.3 Å². The molecule has 0 bridgehead atoms. The number of carbonyl (C=O) groups excluding carboxylic acids is 2. The minimum absolute atomic E-state index is 0.00901. The van der Waals surface area contributed by atoms with Crippen LogP contribution in [0.4, 0.5) is 0 Å². The molecule has 1 fully saturated rings. The van der Waals surface area contributed by atoms with E-state index < -0.39 is 0 Å². The van der Waals surface area contributed by atoms with Gasteiger partial charge in [0.1, 0.15) is 5.82 Å². The Bertz CT molecular complexity index is 1090. The SMILES string of the molecule is C[C@@H]1c2nc(CC(=O)NC3CCCC3)cn2CCN1C(=O)c1c[nH]c2ccccc12. The molecule has 0 unspecified atom stereocenters. The number of rotatable bonds is 4. The highest BCUT2D eigenvalue weighted by Gasteiger charge is 2.31. The number of aromatic amines is 1. The Morgan fingerprint density at radius 2 is 2.00 bits per heavy atom. The van der Waals surface area contributed by atoms with Crippen LogP contribution in [0.5, 0.6) is 0 Å². The molecular weight excluding hydrogens is 378 g/mol. The second-order valence-electron chi connectivity index (χ2n) is 8.43. The van der Waals surface area contributed by atoms with Crippen LogP contribution in [0.15, 0.2) is 36.7 Å². The summed E-state index contributed by atoms with van der Waals surface area (Å²) in [5.74, 6) is 0.893. The first-order valence-corrected chi connectivity index (χ1v) is 10.8. The number of hydrogen-bond donors (Lipinski definition) is 2. The number of fused-ring (bicyclic) bond motifs is 2. The van der Waals surface area contributed by atoms with Crippen molar-refractivity contribution in [3.63, 3.8) is 0 Å². The van der Waals surface area contributed by atoms with Crippen molar-refractivity contribution in [2.45, 2.75) is 57.7 Å². The van der Waals surface area contributed by atoms with Crippen molar-refractivity contribution < 1.29 is 9.59 Å². The molecule has 2 aromatic heterocycles. The van der Waals surface area contributed by atoms with Gasteiger partial charge in [0.25, 0.3) is 5.91 Å². The maximum absolute atomic E-state index is 13.3. The maximum atomic E-state index is 13.3. The second-order valence-corrected chi connectivity index (χ2v) is 8.43. The van der Waals surface area contributed by atoms with Gasteiger partial charge in [-0.25, -0.2) is 4.98 Å². The van der Waals surface area contributed by atoms with Crippen LogP contribution in [0.2, 0.25) is 0 Å². The number of para-hydroxylation sites is 1. The lowest BCUT2D eigenvalue weighted by Gasteiger charge is -2.33. The van der Waals surface area contributed by atoms with Crippen LogP contribution >= 0.6 is 0 Å². The molecule has 2 aliphatic rings. The lowest BCUT2D eigenvalue weighted by Crippen LogP contribution is -2.41. The summed E-state index contributed by atoms with van der Waals surface area (Å²) in [5, 5.41) is 4.06. The number of nitrogens with zero attached hydrogens (tertiary/aromatic N) is 3. The zero-order chi connectivity index (χ0) is 20.7. The monoisotopic (exact) mass is 405 g/mol. The van der Waals surface area contributed by atoms with Crippen molar-refractivity contribution >= 4 is 22.7 Å². The second kappa shape index (κ2) is 7.63. The standard InChI is InChI=1S/C23H27N5O2/c1-15-22-26-17(12-21(29)25-16-6-2-3-7-16)14-27(22)10-11-28(15)23(30)19-13-24-20-9-5-4-8-18(19)20/h4-5,8-9,13-16,24H,2-3,6-7,10-12H2,1H3,(H,25,29)/t15-/m1/s1. The van der Waals surface area contributed by atoms with Crippen LogP contribution in [-0.2, 0) is 17.8 Å². The van der Waals surface area contributed by atoms with Gasteiger partial charge in [-0.3, -0.25) is 9.59 Å². The highest BCUT2D eigenvalue weighted by molar-refractivity contribution is 6.06. The molecule has 0 radical (unpaired) electrons. The molecule has 0 saturated heterocycles. The number of carbonyl (C=O) groups is 2. The fourth-order valence-electron chi connectivity index (χ4n) is 4.83. The van der Waals surface area contributed by atoms with Gasteiger partial charge >= 0.3 is 0 Å². The fourth-order valence-corrected chi connectivity index (χ4v) is 4.83. The first-order chi connectivity index (χ1) is 14.6. The van der Waals surface area contributed by atoms with Gasteiger partial charge in [-0.1, -0.05) is 31.0 Å². The van der Waals surface area contributed by atoms with Gasteiger partial charge < -0.3 is 19.8 Å². The van der Waals surface area contributed by atoms with Crippen LogP contribution < -0.4 is 5.32 Å². The number of amides is 2. The smallest absolute Gasteiger partial charge is 0.256 e. The molecule has 3 aromatic rings. The third-order valence-corrected chi connectivity index (χ3v) is 6.42. The summed E-state index contributed by atoms with van der Waals surface area (Å²) in [6.07, 6.45) is 8.59. The van der Waals surface area contributed by atoms with E-state index in [2.05, 4.69) is 14.9 Å². The highest BCUT2D eigenvalue weighted by Crippen LogP contribution is 2.28. The number of hydrogen-bond acceptors (Lipinski definition) is 3. The Hall–Kier alpha value is -3.09. The predicted molar refractivity (Wildman–Crippen MR) is 114 cm³/mol. The van der Waals surface area contributed by atoms with Crippen molar-refractivity contribution in [2.75, 3.05) is 6.54 Å². The number of aromatic nitrogens is 3. The van der Waals surface area contributed by atoms with E-state index >= 15 is 0 Å². The van der Waals surface area contributed by atoms with E-state index in [1.165, 1.54) is 12.8 Å². The number of benzene rings is 1. The molecule has 1 atom stereocenters. The van der Waals surface area contributed by atoms with E-state index in [1.54, 1.807) is 6.20 Å². The van der Waals surface area contributed by atoms with Crippen molar-refractivity contribution in [2.24, 2.45) is 0 Å². The van der Waals surface area contributed by atoms with E-state index in [9.17, 15) is 9.59 Å². The Kier molecular flexibility index (Phi) is 4.81. The number of nitrogens with one attached hydrogen (secondary N) is 2. The zero-order valence-electron chi connectivity index (χ0n) is 17.2. The van der Waals surface area contributed by atoms with Crippen LogP contribution in [0.1, 0.15) is 60.5 Å². The van der Waals surface area contributed by atoms with Crippen LogP contribution in [0.3, 0.4) is 0 Å². The van der Waals surface area contributed by atoms with Crippen molar-refractivity contribution in [3.8, 4) is 0 Å². The molecular formula is C23H27N5O2. The van der Waals surface area contributed by atoms with Crippen LogP contribution in [-0.4, -0.2) is 43.8 Å². The van der Waals surface area contributed by atoms with E-state index in [-0.39, 0.29) is 17.9 Å². The van der Waals surface area contributed by atoms with Gasteiger partial charge in [0, 0.05) is 42.4 Å². The Morgan fingerprint density at radius 3 is 2.83 bits per heavy atom. The molecule has 1 aromatic carbocycles. The maximum Gasteiger partial charge on any atom is 0.256 e. The molecule has 156 valence electrons. The molecule has 2 amide bonds. The average molecular weight is 406 g/mol. The van der Waals surface area contributed by atoms with Crippen LogP contribution in [0.25, 0.3) is 10.9 Å². The van der Waals surface area contributed by atoms with Gasteiger partial charge in [0.2, 0.25) is 5.91 Å². The summed E-state index contributed by atoms with van der Waals surface area (Å²) in [5.41, 5.74) is 2.42. The third-order valence-electron chi connectivity index (χ3n) is 6.42. The summed E-state index contributed by atoms with van der Waals surface area (Å²) in [6, 6.07) is 8.02. The lowest BCUT2D eigenvalue weighted by atomic mass is 10.1. The van der Waals surface area contributed by atoms with Crippen molar-refractivity contribution in [1.82, 2.24) is 24.8 Å². The normalized spacial score (nSPS) is 19.2. The molecule has 0 spiro atoms. The summed E-state index contributed by atoms with van der Waals surface area (Å²) in [6.45, 7) is 3.31. The summed E-state index contributed by atoms with van der Waals surface area (Å²) in [4.78, 5) is 35.4. The summed E-state index contributed by atoms with van der Waals surface area (Å²) >= 11 is 0. The van der Waals surface area contributed by atoms with Gasteiger partial charge in [-0.2, -0.15) is 0 Å². The number of imidazole rings is 1. The van der Waals surface area contributed by atoms with E-state index in [0.29, 0.717) is 31.1 Å². The van der Waals surface area contributed by atoms with Gasteiger partial charge in [0.15, 0.2) is 0 Å². The Labute approximate surface area is 175 Å². The van der Waals surface area contributed by atoms with Crippen LogP contribution in [0, 0.1) is 0 Å². The predicted octanol–water partition coefficient (Wildman–Crippen LogP) is 3.18. The fraction of sp³-hybridized carbons (Fsp3) is 0.435. The largest absolute Gasteiger partial charge is 0.360 e. The molecule has 7 nitrogen and oxygen atoms in total. The molecule has 1 aliphatic carbocycles. The Morgan fingerprint density at radius 1 is 1.20 bits per heavy atom. The van der Waals surface area contributed by atoms with Crippen molar-refractivity contribution in [3.05, 3.63) is 53.7 Å². The zero-order valence-corrected chi connectivity index (χ0v) is 17.2. The summed E-state index contributed by atoms with van der Waals surface area (Å²) < 4.78 is 2.09. The first kappa shape index (κ1) is 18.9. The highest BCUT2D eigenvalue weighted by atomic mass is 16.2. The topological polar surface area (TPSA) is 83.0 Å². The quantitative estimate of drug-likeness (QED) is 0.699. The lowest BCUT2D eigenvalue weighted by molar-refractivity contribution is -0.121. The molecule has 7 heteroatoms. The number of H-pyrrole nitrogens is 1. The molecule has 1 saturated carbocycles. The minimum Gasteiger partial charge on any atom is -0.360 e. The molecule has 1 aliphatic heterocycles. The van der Waals surface area contributed by atoms with Gasteiger partial charge in [0.05, 0.1) is 23.7 Å². The minimum atomic E-state index is -0.147.